The summed E-state index contributed by atoms with van der Waals surface area (Å²) in [5.41, 5.74) is 0.855. The lowest BCUT2D eigenvalue weighted by Gasteiger charge is -2.33. The van der Waals surface area contributed by atoms with Gasteiger partial charge in [0.1, 0.15) is 11.5 Å². The molecule has 1 saturated heterocycles. The van der Waals surface area contributed by atoms with Crippen molar-refractivity contribution in [1.29, 1.82) is 0 Å². The fourth-order valence-electron chi connectivity index (χ4n) is 2.50. The van der Waals surface area contributed by atoms with E-state index in [9.17, 15) is 13.2 Å². The monoisotopic (exact) mass is 304 g/mol. The van der Waals surface area contributed by atoms with Crippen molar-refractivity contribution < 1.29 is 22.6 Å². The molecule has 0 aliphatic carbocycles. The highest BCUT2D eigenvalue weighted by Gasteiger charge is 2.31. The van der Waals surface area contributed by atoms with Gasteiger partial charge in [0.25, 0.3) is 0 Å². The maximum atomic E-state index is 12.2. The third-order valence-electron chi connectivity index (χ3n) is 3.59. The average molecular weight is 304 g/mol. The Morgan fingerprint density at radius 1 is 1.24 bits per heavy atom. The molecule has 0 radical (unpaired) electrons. The first-order valence-electron chi connectivity index (χ1n) is 6.79. The van der Waals surface area contributed by atoms with E-state index in [0.29, 0.717) is 5.75 Å². The molecule has 1 heterocycles. The summed E-state index contributed by atoms with van der Waals surface area (Å²) < 4.78 is 45.9. The first kappa shape index (κ1) is 15.9. The van der Waals surface area contributed by atoms with Gasteiger partial charge in [-0.2, -0.15) is 0 Å². The second-order valence-corrected chi connectivity index (χ2v) is 4.91. The molecular weight excluding hydrogens is 285 g/mol. The minimum atomic E-state index is -4.70. The molecule has 118 valence electrons. The van der Waals surface area contributed by atoms with Gasteiger partial charge >= 0.3 is 6.36 Å². The molecule has 7 heteroatoms. The third kappa shape index (κ3) is 4.25. The van der Waals surface area contributed by atoms with Crippen LogP contribution in [-0.4, -0.2) is 44.6 Å². The summed E-state index contributed by atoms with van der Waals surface area (Å²) in [5.74, 6) is 0.137. The Labute approximate surface area is 121 Å². The molecule has 4 nitrogen and oxygen atoms in total. The molecule has 0 saturated carbocycles. The van der Waals surface area contributed by atoms with Gasteiger partial charge in [0.05, 0.1) is 7.11 Å². The van der Waals surface area contributed by atoms with Crippen molar-refractivity contribution in [2.45, 2.75) is 19.3 Å². The highest BCUT2D eigenvalue weighted by molar-refractivity contribution is 5.42. The highest BCUT2D eigenvalue weighted by Crippen LogP contribution is 2.34. The summed E-state index contributed by atoms with van der Waals surface area (Å²) in [4.78, 5) is 2.26. The highest BCUT2D eigenvalue weighted by atomic mass is 19.4. The maximum Gasteiger partial charge on any atom is 0.573 e. The number of alkyl halides is 3. The largest absolute Gasteiger partial charge is 0.573 e. The Kier molecular flexibility index (Phi) is 4.95. The van der Waals surface area contributed by atoms with Gasteiger partial charge in [0, 0.05) is 43.9 Å². The van der Waals surface area contributed by atoms with E-state index in [1.807, 2.05) is 6.92 Å². The smallest absolute Gasteiger partial charge is 0.496 e. The molecule has 0 bridgehead atoms. The molecule has 1 aromatic rings. The zero-order valence-corrected chi connectivity index (χ0v) is 12.0. The van der Waals surface area contributed by atoms with Crippen LogP contribution in [0.15, 0.2) is 18.2 Å². The van der Waals surface area contributed by atoms with Crippen molar-refractivity contribution in [3.63, 3.8) is 0 Å². The molecule has 1 N–H and O–H groups in total. The molecule has 1 aliphatic heterocycles. The summed E-state index contributed by atoms with van der Waals surface area (Å²) >= 11 is 0. The van der Waals surface area contributed by atoms with E-state index < -0.39 is 6.36 Å². The van der Waals surface area contributed by atoms with Crippen LogP contribution in [0.2, 0.25) is 0 Å². The second kappa shape index (κ2) is 6.53. The van der Waals surface area contributed by atoms with E-state index in [-0.39, 0.29) is 11.8 Å². The maximum absolute atomic E-state index is 12.2. The number of nitrogens with zero attached hydrogens (tertiary/aromatic N) is 1. The number of hydrogen-bond donors (Lipinski definition) is 1. The van der Waals surface area contributed by atoms with E-state index in [0.717, 1.165) is 31.7 Å². The lowest BCUT2D eigenvalue weighted by Crippen LogP contribution is -2.44. The number of piperazine rings is 1. The Hall–Kier alpha value is -1.47. The zero-order chi connectivity index (χ0) is 15.5. The fraction of sp³-hybridized carbons (Fsp3) is 0.571. The van der Waals surface area contributed by atoms with Crippen LogP contribution >= 0.6 is 0 Å². The molecule has 0 aromatic heterocycles. The van der Waals surface area contributed by atoms with Gasteiger partial charge in [-0.3, -0.25) is 4.90 Å². The predicted octanol–water partition coefficient (Wildman–Crippen LogP) is 2.56. The Bertz CT molecular complexity index is 474. The number of halogens is 3. The van der Waals surface area contributed by atoms with Crippen molar-refractivity contribution in [1.82, 2.24) is 10.2 Å². The van der Waals surface area contributed by atoms with Crippen molar-refractivity contribution in [3.05, 3.63) is 23.8 Å². The number of benzene rings is 1. The lowest BCUT2D eigenvalue weighted by atomic mass is 10.0. The standard InChI is InChI=1S/C14H19F3N2O2/c1-10(19-7-5-18-6-8-19)12-4-3-11(9-13(12)20-2)21-14(15,16)17/h3-4,9-10,18H,5-8H2,1-2H3/t10-/m0/s1. The molecule has 1 aliphatic rings. The first-order chi connectivity index (χ1) is 9.90. The van der Waals surface area contributed by atoms with Crippen LogP contribution in [0.1, 0.15) is 18.5 Å². The Balaban J connectivity index is 2.19. The van der Waals surface area contributed by atoms with Crippen molar-refractivity contribution in [3.8, 4) is 11.5 Å². The Morgan fingerprint density at radius 3 is 2.48 bits per heavy atom. The summed E-state index contributed by atoms with van der Waals surface area (Å²) in [7, 11) is 1.45. The molecule has 0 spiro atoms. The van der Waals surface area contributed by atoms with Crippen molar-refractivity contribution in [2.24, 2.45) is 0 Å². The SMILES string of the molecule is COc1cc(OC(F)(F)F)ccc1[C@H](C)N1CCNCC1. The number of ether oxygens (including phenoxy) is 2. The summed E-state index contributed by atoms with van der Waals surface area (Å²) in [6, 6.07) is 4.31. The Morgan fingerprint density at radius 2 is 1.90 bits per heavy atom. The van der Waals surface area contributed by atoms with Gasteiger partial charge in [-0.05, 0) is 13.0 Å². The molecule has 21 heavy (non-hydrogen) atoms. The summed E-state index contributed by atoms with van der Waals surface area (Å²) in [6.45, 7) is 5.62. The van der Waals surface area contributed by atoms with Crippen molar-refractivity contribution >= 4 is 0 Å². The predicted molar refractivity (Wildman–Crippen MR) is 72.5 cm³/mol. The quantitative estimate of drug-likeness (QED) is 0.927. The normalized spacial score (nSPS) is 18.3. The van der Waals surface area contributed by atoms with Gasteiger partial charge < -0.3 is 14.8 Å². The molecule has 2 rings (SSSR count). The van der Waals surface area contributed by atoms with Crippen LogP contribution < -0.4 is 14.8 Å². The van der Waals surface area contributed by atoms with E-state index >= 15 is 0 Å². The topological polar surface area (TPSA) is 33.7 Å². The van der Waals surface area contributed by atoms with Crippen LogP contribution in [0.3, 0.4) is 0 Å². The average Bonchev–Trinajstić information content (AvgIpc) is 2.45. The third-order valence-corrected chi connectivity index (χ3v) is 3.59. The van der Waals surface area contributed by atoms with Crippen LogP contribution in [-0.2, 0) is 0 Å². The molecule has 0 unspecified atom stereocenters. The zero-order valence-electron chi connectivity index (χ0n) is 12.0. The molecular formula is C14H19F3N2O2. The van der Waals surface area contributed by atoms with Crippen LogP contribution in [0.25, 0.3) is 0 Å². The van der Waals surface area contributed by atoms with Crippen LogP contribution in [0, 0.1) is 0 Å². The number of methoxy groups -OCH3 is 1. The molecule has 1 fully saturated rings. The van der Waals surface area contributed by atoms with Gasteiger partial charge in [0.15, 0.2) is 0 Å². The minimum absolute atomic E-state index is 0.0713. The molecule has 1 aromatic carbocycles. The fourth-order valence-corrected chi connectivity index (χ4v) is 2.50. The second-order valence-electron chi connectivity index (χ2n) is 4.91. The number of hydrogen-bond acceptors (Lipinski definition) is 4. The minimum Gasteiger partial charge on any atom is -0.496 e. The van der Waals surface area contributed by atoms with Crippen molar-refractivity contribution in [2.75, 3.05) is 33.3 Å². The van der Waals surface area contributed by atoms with E-state index in [4.69, 9.17) is 4.74 Å². The van der Waals surface area contributed by atoms with E-state index in [1.54, 1.807) is 6.07 Å². The summed E-state index contributed by atoms with van der Waals surface area (Å²) in [6.07, 6.45) is -4.70. The van der Waals surface area contributed by atoms with E-state index in [1.165, 1.54) is 19.2 Å². The molecule has 1 atom stereocenters. The van der Waals surface area contributed by atoms with Gasteiger partial charge in [0.2, 0.25) is 0 Å². The van der Waals surface area contributed by atoms with Crippen LogP contribution in [0.4, 0.5) is 13.2 Å². The number of nitrogens with one attached hydrogen (secondary N) is 1. The lowest BCUT2D eigenvalue weighted by molar-refractivity contribution is -0.274. The van der Waals surface area contributed by atoms with Gasteiger partial charge in [-0.1, -0.05) is 6.07 Å². The van der Waals surface area contributed by atoms with E-state index in [2.05, 4.69) is 15.0 Å². The first-order valence-corrected chi connectivity index (χ1v) is 6.79. The van der Waals surface area contributed by atoms with Gasteiger partial charge in [-0.15, -0.1) is 13.2 Å². The van der Waals surface area contributed by atoms with Gasteiger partial charge in [-0.25, -0.2) is 0 Å². The number of rotatable bonds is 4. The summed E-state index contributed by atoms with van der Waals surface area (Å²) in [5, 5.41) is 3.27. The van der Waals surface area contributed by atoms with Crippen LogP contribution in [0.5, 0.6) is 11.5 Å². The molecule has 0 amide bonds.